The fourth-order valence-corrected chi connectivity index (χ4v) is 0.419. The summed E-state index contributed by atoms with van der Waals surface area (Å²) < 4.78 is 0. The van der Waals surface area contributed by atoms with E-state index in [1.807, 2.05) is 5.43 Å². The summed E-state index contributed by atoms with van der Waals surface area (Å²) in [4.78, 5) is 20.3. The van der Waals surface area contributed by atoms with Crippen LogP contribution in [0.15, 0.2) is 0 Å². The smallest absolute Gasteiger partial charge is 0.322 e. The molecule has 0 aliphatic rings. The SMILES string of the molecule is NN[C@@H](CC(N)=O)C(=O)O. The molecule has 0 aromatic heterocycles. The van der Waals surface area contributed by atoms with Gasteiger partial charge in [0.15, 0.2) is 0 Å². The molecule has 1 amide bonds. The normalized spacial score (nSPS) is 12.5. The molecule has 58 valence electrons. The lowest BCUT2D eigenvalue weighted by molar-refractivity contribution is -0.141. The van der Waals surface area contributed by atoms with E-state index in [1.54, 1.807) is 0 Å². The van der Waals surface area contributed by atoms with E-state index in [9.17, 15) is 9.59 Å². The first-order valence-electron chi connectivity index (χ1n) is 2.55. The lowest BCUT2D eigenvalue weighted by Gasteiger charge is -2.06. The summed E-state index contributed by atoms with van der Waals surface area (Å²) in [6, 6.07) is -1.09. The standard InChI is InChI=1S/C4H9N3O3/c5-3(8)1-2(7-6)4(9)10/h2,7H,1,6H2,(H2,5,8)(H,9,10)/t2-/m0/s1. The molecule has 0 aliphatic heterocycles. The highest BCUT2D eigenvalue weighted by atomic mass is 16.4. The maximum atomic E-state index is 10.1. The Morgan fingerprint density at radius 3 is 2.20 bits per heavy atom. The zero-order chi connectivity index (χ0) is 8.15. The molecule has 0 aliphatic carbocycles. The molecule has 0 saturated carbocycles. The van der Waals surface area contributed by atoms with Crippen LogP contribution in [-0.4, -0.2) is 23.0 Å². The summed E-state index contributed by atoms with van der Waals surface area (Å²) in [7, 11) is 0. The Balaban J connectivity index is 3.83. The van der Waals surface area contributed by atoms with Crippen molar-refractivity contribution in [3.8, 4) is 0 Å². The number of hydrazine groups is 1. The Morgan fingerprint density at radius 2 is 2.10 bits per heavy atom. The Morgan fingerprint density at radius 1 is 1.60 bits per heavy atom. The van der Waals surface area contributed by atoms with Crippen LogP contribution in [0.5, 0.6) is 0 Å². The number of primary amides is 1. The maximum absolute atomic E-state index is 10.1. The van der Waals surface area contributed by atoms with Gasteiger partial charge in [-0.2, -0.15) is 0 Å². The molecule has 0 fully saturated rings. The van der Waals surface area contributed by atoms with Crippen molar-refractivity contribution in [3.05, 3.63) is 0 Å². The number of amides is 1. The first kappa shape index (κ1) is 8.86. The molecule has 6 heteroatoms. The van der Waals surface area contributed by atoms with Crippen molar-refractivity contribution in [2.75, 3.05) is 0 Å². The zero-order valence-electron chi connectivity index (χ0n) is 5.20. The van der Waals surface area contributed by atoms with Crippen LogP contribution in [0.2, 0.25) is 0 Å². The largest absolute Gasteiger partial charge is 0.480 e. The van der Waals surface area contributed by atoms with Crippen LogP contribution >= 0.6 is 0 Å². The Kier molecular flexibility index (Phi) is 3.37. The molecule has 6 nitrogen and oxygen atoms in total. The van der Waals surface area contributed by atoms with Gasteiger partial charge in [-0.3, -0.25) is 15.4 Å². The minimum atomic E-state index is -1.19. The van der Waals surface area contributed by atoms with E-state index < -0.39 is 17.9 Å². The Labute approximate surface area is 57.2 Å². The highest BCUT2D eigenvalue weighted by Gasteiger charge is 2.17. The van der Waals surface area contributed by atoms with Gasteiger partial charge in [-0.25, -0.2) is 5.43 Å². The van der Waals surface area contributed by atoms with Gasteiger partial charge < -0.3 is 10.8 Å². The molecule has 6 N–H and O–H groups in total. The third-order valence-corrected chi connectivity index (χ3v) is 0.905. The van der Waals surface area contributed by atoms with Crippen molar-refractivity contribution in [2.24, 2.45) is 11.6 Å². The van der Waals surface area contributed by atoms with E-state index >= 15 is 0 Å². The fourth-order valence-electron chi connectivity index (χ4n) is 0.419. The molecule has 0 bridgehead atoms. The number of nitrogens with one attached hydrogen (secondary N) is 1. The molecule has 10 heavy (non-hydrogen) atoms. The molecule has 0 heterocycles. The summed E-state index contributed by atoms with van der Waals surface area (Å²) in [5.41, 5.74) is 6.64. The second-order valence-electron chi connectivity index (χ2n) is 1.73. The van der Waals surface area contributed by atoms with E-state index in [0.29, 0.717) is 0 Å². The third-order valence-electron chi connectivity index (χ3n) is 0.905. The summed E-state index contributed by atoms with van der Waals surface area (Å²) in [6.07, 6.45) is -0.300. The van der Waals surface area contributed by atoms with Crippen molar-refractivity contribution in [3.63, 3.8) is 0 Å². The average Bonchev–Trinajstić information content (AvgIpc) is 1.81. The van der Waals surface area contributed by atoms with Gasteiger partial charge in [-0.15, -0.1) is 0 Å². The van der Waals surface area contributed by atoms with Crippen molar-refractivity contribution in [1.29, 1.82) is 0 Å². The molecule has 0 rings (SSSR count). The number of carbonyl (C=O) groups is 2. The number of carbonyl (C=O) groups excluding carboxylic acids is 1. The molecule has 0 saturated heterocycles. The Hall–Kier alpha value is -1.14. The summed E-state index contributed by atoms with van der Waals surface area (Å²) >= 11 is 0. The molecular formula is C4H9N3O3. The van der Waals surface area contributed by atoms with E-state index in [1.165, 1.54) is 0 Å². The fraction of sp³-hybridized carbons (Fsp3) is 0.500. The van der Waals surface area contributed by atoms with Crippen molar-refractivity contribution < 1.29 is 14.7 Å². The van der Waals surface area contributed by atoms with Gasteiger partial charge in [0.05, 0.1) is 6.42 Å². The highest BCUT2D eigenvalue weighted by Crippen LogP contribution is 1.87. The zero-order valence-corrected chi connectivity index (χ0v) is 5.20. The number of hydrogen-bond donors (Lipinski definition) is 4. The van der Waals surface area contributed by atoms with Crippen LogP contribution in [0.4, 0.5) is 0 Å². The number of aliphatic carboxylic acids is 1. The molecule has 0 radical (unpaired) electrons. The van der Waals surface area contributed by atoms with E-state index in [2.05, 4.69) is 0 Å². The van der Waals surface area contributed by atoms with Gasteiger partial charge in [0.1, 0.15) is 6.04 Å². The van der Waals surface area contributed by atoms with Crippen molar-refractivity contribution >= 4 is 11.9 Å². The van der Waals surface area contributed by atoms with Gasteiger partial charge in [0, 0.05) is 0 Å². The van der Waals surface area contributed by atoms with Gasteiger partial charge in [0.2, 0.25) is 5.91 Å². The highest BCUT2D eigenvalue weighted by molar-refractivity contribution is 5.83. The quantitative estimate of drug-likeness (QED) is 0.265. The molecule has 0 spiro atoms. The molecule has 0 aromatic rings. The summed E-state index contributed by atoms with van der Waals surface area (Å²) in [5, 5.41) is 8.27. The topological polar surface area (TPSA) is 118 Å². The second kappa shape index (κ2) is 3.80. The number of hydrogen-bond acceptors (Lipinski definition) is 4. The Bertz CT molecular complexity index is 147. The van der Waals surface area contributed by atoms with Crippen molar-refractivity contribution in [2.45, 2.75) is 12.5 Å². The lowest BCUT2D eigenvalue weighted by Crippen LogP contribution is -2.43. The monoisotopic (exact) mass is 147 g/mol. The number of carboxylic acids is 1. The van der Waals surface area contributed by atoms with Crippen LogP contribution in [0.3, 0.4) is 0 Å². The van der Waals surface area contributed by atoms with Crippen LogP contribution in [-0.2, 0) is 9.59 Å². The molecule has 1 atom stereocenters. The van der Waals surface area contributed by atoms with Crippen LogP contribution in [0.1, 0.15) is 6.42 Å². The van der Waals surface area contributed by atoms with Crippen LogP contribution in [0, 0.1) is 0 Å². The van der Waals surface area contributed by atoms with E-state index in [0.717, 1.165) is 0 Å². The van der Waals surface area contributed by atoms with E-state index in [4.69, 9.17) is 16.7 Å². The summed E-state index contributed by atoms with van der Waals surface area (Å²) in [5.74, 6) is 2.89. The van der Waals surface area contributed by atoms with E-state index in [-0.39, 0.29) is 6.42 Å². The van der Waals surface area contributed by atoms with Crippen molar-refractivity contribution in [1.82, 2.24) is 5.43 Å². The van der Waals surface area contributed by atoms with Gasteiger partial charge in [-0.1, -0.05) is 0 Å². The number of carboxylic acid groups (broad SMARTS) is 1. The van der Waals surface area contributed by atoms with Gasteiger partial charge >= 0.3 is 5.97 Å². The predicted molar refractivity (Wildman–Crippen MR) is 32.6 cm³/mol. The predicted octanol–water partition coefficient (Wildman–Crippen LogP) is -2.22. The third kappa shape index (κ3) is 3.00. The minimum absolute atomic E-state index is 0.300. The molecule has 0 unspecified atom stereocenters. The molecule has 0 aromatic carbocycles. The first-order valence-corrected chi connectivity index (χ1v) is 2.55. The first-order chi connectivity index (χ1) is 4.57. The van der Waals surface area contributed by atoms with Crippen LogP contribution < -0.4 is 17.0 Å². The van der Waals surface area contributed by atoms with Crippen LogP contribution in [0.25, 0.3) is 0 Å². The van der Waals surface area contributed by atoms with Gasteiger partial charge in [0.25, 0.3) is 0 Å². The maximum Gasteiger partial charge on any atom is 0.322 e. The number of rotatable bonds is 4. The van der Waals surface area contributed by atoms with Gasteiger partial charge in [-0.05, 0) is 0 Å². The summed E-state index contributed by atoms with van der Waals surface area (Å²) in [6.45, 7) is 0. The average molecular weight is 147 g/mol. The number of nitrogens with two attached hydrogens (primary N) is 2. The molecular weight excluding hydrogens is 138 g/mol. The minimum Gasteiger partial charge on any atom is -0.480 e. The lowest BCUT2D eigenvalue weighted by atomic mass is 10.2. The second-order valence-corrected chi connectivity index (χ2v) is 1.73.